The summed E-state index contributed by atoms with van der Waals surface area (Å²) in [6.45, 7) is 27.2. The molecule has 0 saturated heterocycles. The summed E-state index contributed by atoms with van der Waals surface area (Å²) >= 11 is 0. The maximum Gasteiger partial charge on any atom is 2.00 e. The second-order valence-electron chi connectivity index (χ2n) is 18.9. The largest absolute Gasteiger partial charge is 2.00 e. The van der Waals surface area contributed by atoms with Gasteiger partial charge in [-0.15, -0.1) is 42.3 Å². The second-order valence-corrected chi connectivity index (χ2v) is 21.2. The number of halogens is 10. The van der Waals surface area contributed by atoms with Crippen LogP contribution in [-0.2, 0) is 26.2 Å². The van der Waals surface area contributed by atoms with Crippen LogP contribution in [0.1, 0.15) is 151 Å². The zero-order valence-electron chi connectivity index (χ0n) is 43.1. The molecular formula is C59H58BF10SiZr. The number of hydrogen-bond donors (Lipinski definition) is 0. The van der Waals surface area contributed by atoms with Gasteiger partial charge in [-0.25, -0.2) is 11.1 Å². The Balaban J connectivity index is 0.000000368. The quantitative estimate of drug-likeness (QED) is 0.0338. The Bertz CT molecular complexity index is 3100. The number of aryl methyl sites for hydroxylation is 1. The summed E-state index contributed by atoms with van der Waals surface area (Å²) in [6, 6.07) is 19.9. The smallest absolute Gasteiger partial charge is 2.00 e. The molecule has 1 radical (unpaired) electrons. The molecule has 6 aromatic rings. The first-order chi connectivity index (χ1) is 33.2. The molecule has 1 aliphatic carbocycles. The Morgan fingerprint density at radius 2 is 1.12 bits per heavy atom. The third kappa shape index (κ3) is 11.7. The predicted molar refractivity (Wildman–Crippen MR) is 276 cm³/mol. The van der Waals surface area contributed by atoms with Crippen molar-refractivity contribution < 1.29 is 70.1 Å². The summed E-state index contributed by atoms with van der Waals surface area (Å²) in [7, 11) is 4.91. The van der Waals surface area contributed by atoms with E-state index < -0.39 is 101 Å². The Morgan fingerprint density at radius 3 is 1.57 bits per heavy atom. The van der Waals surface area contributed by atoms with E-state index in [1.54, 1.807) is 6.92 Å². The summed E-state index contributed by atoms with van der Waals surface area (Å²) in [4.78, 5) is 0. The van der Waals surface area contributed by atoms with E-state index in [2.05, 4.69) is 84.9 Å². The Morgan fingerprint density at radius 1 is 0.625 bits per heavy atom. The molecule has 0 saturated carbocycles. The normalized spacial score (nSPS) is 13.4. The van der Waals surface area contributed by atoms with Gasteiger partial charge in [-0.3, -0.25) is 6.08 Å². The number of hydrogen-bond acceptors (Lipinski definition) is 0. The van der Waals surface area contributed by atoms with E-state index in [9.17, 15) is 26.3 Å². The summed E-state index contributed by atoms with van der Waals surface area (Å²) in [5.74, 6) is -22.8. The summed E-state index contributed by atoms with van der Waals surface area (Å²) < 4.78 is 149. The topological polar surface area (TPSA) is 0 Å². The fraction of sp³-hybridized carbons (Fsp3) is 0.305. The summed E-state index contributed by atoms with van der Waals surface area (Å²) in [5.41, 5.74) is 4.52. The van der Waals surface area contributed by atoms with Crippen molar-refractivity contribution in [3.05, 3.63) is 192 Å². The number of fused-ring (bicyclic) bond motifs is 2. The fourth-order valence-corrected chi connectivity index (χ4v) is 10.8. The molecule has 0 aliphatic heterocycles. The zero-order chi connectivity index (χ0) is 53.2. The Hall–Kier alpha value is -4.87. The van der Waals surface area contributed by atoms with Crippen LogP contribution in [0.4, 0.5) is 43.9 Å². The minimum atomic E-state index is -2.40. The van der Waals surface area contributed by atoms with Crippen LogP contribution in [-0.4, -0.2) is 27.0 Å². The monoisotopic (exact) mass is 1090 g/mol. The van der Waals surface area contributed by atoms with Crippen molar-refractivity contribution in [2.75, 3.05) is 0 Å². The molecule has 0 spiro atoms. The van der Waals surface area contributed by atoms with Gasteiger partial charge in [-0.05, 0) is 11.8 Å². The van der Waals surface area contributed by atoms with Gasteiger partial charge in [0.2, 0.25) is 0 Å². The molecule has 0 heterocycles. The first-order valence-electron chi connectivity index (χ1n) is 23.4. The van der Waals surface area contributed by atoms with Crippen molar-refractivity contribution in [2.24, 2.45) is 0 Å². The van der Waals surface area contributed by atoms with Gasteiger partial charge in [0, 0.05) is 0 Å². The fourth-order valence-electron chi connectivity index (χ4n) is 8.92. The molecule has 0 bridgehead atoms. The van der Waals surface area contributed by atoms with Crippen molar-refractivity contribution in [3.63, 3.8) is 0 Å². The van der Waals surface area contributed by atoms with Crippen molar-refractivity contribution >= 4 is 48.6 Å². The summed E-state index contributed by atoms with van der Waals surface area (Å²) in [5, 5.41) is 3.80. The molecule has 7 rings (SSSR count). The maximum atomic E-state index is 15.7. The van der Waals surface area contributed by atoms with Gasteiger partial charge >= 0.3 is 293 Å². The van der Waals surface area contributed by atoms with Crippen LogP contribution in [0.5, 0.6) is 0 Å². The average molecular weight is 1090 g/mol. The van der Waals surface area contributed by atoms with E-state index in [1.807, 2.05) is 56.4 Å². The van der Waals surface area contributed by atoms with Gasteiger partial charge in [0.25, 0.3) is 0 Å². The van der Waals surface area contributed by atoms with Crippen LogP contribution in [0, 0.1) is 71.2 Å². The van der Waals surface area contributed by atoms with E-state index in [-0.39, 0.29) is 59.5 Å². The van der Waals surface area contributed by atoms with Crippen LogP contribution in [0.15, 0.2) is 83.5 Å². The van der Waals surface area contributed by atoms with Gasteiger partial charge < -0.3 is 0 Å². The van der Waals surface area contributed by atoms with Gasteiger partial charge in [-0.1, -0.05) is 65.7 Å². The van der Waals surface area contributed by atoms with E-state index in [0.29, 0.717) is 11.8 Å². The zero-order valence-corrected chi connectivity index (χ0v) is 46.6. The molecule has 0 amide bonds. The average Bonchev–Trinajstić information content (AvgIpc) is 3.84. The van der Waals surface area contributed by atoms with Gasteiger partial charge in [0.1, 0.15) is 0 Å². The minimum absolute atomic E-state index is 0. The van der Waals surface area contributed by atoms with Crippen molar-refractivity contribution in [1.29, 1.82) is 0 Å². The van der Waals surface area contributed by atoms with Crippen LogP contribution in [0.25, 0.3) is 27.5 Å². The van der Waals surface area contributed by atoms with E-state index in [0.717, 1.165) is 5.19 Å². The SMILES string of the molecule is C[C-]=C(C)C(C)=CC.Cc1cc2c(C(C)C)cc(C(C)C)cc2[cH-]1.[B]=C1C(C)=C(c2c(F)c(F)c(F)c(F)c2F)c2c1cc(C(C)C=[Si](C)c1ccccc1)c(-c1c(F)c(F)c(F)c(F)c1F)c2C(C)C.[Zr+2]. The summed E-state index contributed by atoms with van der Waals surface area (Å²) in [6.07, 6.45) is 5.15. The standard InChI is InChI=1S/C35H24BF10Si.C16H21.C8H13.Zr/c1-13(2)19-21(24-28(39)32(43)35(46)33(44)29(24)40)17(14(3)12-47(5)16-9-7-6-8-10-16)11-18-22(19)20(15(4)25(18)36)23-26(37)30(41)34(45)31(42)27(23)38;1-10(2)13-8-14-6-12(5)7-16(14)15(9-13)11(3)4;1-5-7(3)8(4)6-2;/h6-14H,1-5H3;6-11H,1-5H3;5H,1-4H3;/q;2*-1;+2. The predicted octanol–water partition coefficient (Wildman–Crippen LogP) is 16.7. The van der Waals surface area contributed by atoms with Crippen LogP contribution >= 0.6 is 0 Å². The molecule has 375 valence electrons. The third-order valence-electron chi connectivity index (χ3n) is 13.1. The van der Waals surface area contributed by atoms with E-state index in [1.165, 1.54) is 65.4 Å². The van der Waals surface area contributed by atoms with Crippen LogP contribution in [0.3, 0.4) is 0 Å². The molecule has 6 aromatic carbocycles. The van der Waals surface area contributed by atoms with Gasteiger partial charge in [0.05, 0.1) is 0 Å². The van der Waals surface area contributed by atoms with Gasteiger partial charge in [0.15, 0.2) is 0 Å². The second kappa shape index (κ2) is 24.4. The Kier molecular flexibility index (Phi) is 20.3. The van der Waals surface area contributed by atoms with Crippen molar-refractivity contribution in [1.82, 2.24) is 0 Å². The minimum Gasteiger partial charge on any atom is 2.00 e. The molecule has 0 aromatic heterocycles. The Labute approximate surface area is 439 Å². The van der Waals surface area contributed by atoms with E-state index >= 15 is 17.6 Å². The molecule has 1 atom stereocenters. The van der Waals surface area contributed by atoms with Crippen LogP contribution < -0.4 is 5.19 Å². The first kappa shape index (κ1) is 59.7. The number of benzene rings is 5. The molecule has 1 aliphatic rings. The molecule has 0 fully saturated rings. The maximum absolute atomic E-state index is 15.7. The molecule has 72 heavy (non-hydrogen) atoms. The van der Waals surface area contributed by atoms with Crippen LogP contribution in [0.2, 0.25) is 6.55 Å². The molecule has 13 heteroatoms. The van der Waals surface area contributed by atoms with E-state index in [4.69, 9.17) is 7.49 Å². The number of allylic oxidation sites excluding steroid dienone is 5. The number of rotatable bonds is 9. The first-order valence-corrected chi connectivity index (χ1v) is 25.5. The van der Waals surface area contributed by atoms with Crippen molar-refractivity contribution in [3.8, 4) is 11.1 Å². The third-order valence-corrected chi connectivity index (χ3v) is 15.4. The molecule has 0 N–H and O–H groups in total. The molecule has 1 unspecified atom stereocenters. The molecule has 0 nitrogen and oxygen atoms in total. The molecular weight excluding hydrogens is 1030 g/mol. The van der Waals surface area contributed by atoms with Crippen molar-refractivity contribution in [2.45, 2.75) is 120 Å². The van der Waals surface area contributed by atoms with Gasteiger partial charge in [-0.2, -0.15) is 12.1 Å².